The van der Waals surface area contributed by atoms with E-state index < -0.39 is 0 Å². The largest absolute Gasteiger partial charge is 0.497 e. The lowest BCUT2D eigenvalue weighted by molar-refractivity contribution is 0.102. The molecule has 1 amide bonds. The summed E-state index contributed by atoms with van der Waals surface area (Å²) in [5, 5.41) is 6.20. The summed E-state index contributed by atoms with van der Waals surface area (Å²) in [5.41, 5.74) is 4.74. The number of amides is 1. The Bertz CT molecular complexity index is 932. The molecule has 0 aliphatic rings. The van der Waals surface area contributed by atoms with Crippen molar-refractivity contribution in [1.82, 2.24) is 4.98 Å². The van der Waals surface area contributed by atoms with E-state index in [-0.39, 0.29) is 5.91 Å². The maximum absolute atomic E-state index is 12.4. The van der Waals surface area contributed by atoms with Crippen molar-refractivity contribution >= 4 is 17.4 Å². The lowest BCUT2D eigenvalue weighted by Gasteiger charge is -2.09. The fraction of sp³-hybridized carbons (Fsp3) is 0.217. The van der Waals surface area contributed by atoms with Crippen LogP contribution in [0.4, 0.5) is 11.5 Å². The minimum absolute atomic E-state index is 0.166. The molecule has 2 aromatic carbocycles. The van der Waals surface area contributed by atoms with E-state index in [2.05, 4.69) is 27.8 Å². The van der Waals surface area contributed by atoms with Crippen LogP contribution in [0.1, 0.15) is 27.0 Å². The van der Waals surface area contributed by atoms with Crippen molar-refractivity contribution in [3.8, 4) is 5.75 Å². The van der Waals surface area contributed by atoms with Gasteiger partial charge in [-0.25, -0.2) is 4.98 Å². The average molecular weight is 375 g/mol. The van der Waals surface area contributed by atoms with Crippen molar-refractivity contribution in [2.45, 2.75) is 20.3 Å². The van der Waals surface area contributed by atoms with Crippen molar-refractivity contribution in [3.63, 3.8) is 0 Å². The molecule has 0 aliphatic carbocycles. The maximum Gasteiger partial charge on any atom is 0.257 e. The minimum Gasteiger partial charge on any atom is -0.497 e. The first-order chi connectivity index (χ1) is 13.5. The highest BCUT2D eigenvalue weighted by Crippen LogP contribution is 2.16. The van der Waals surface area contributed by atoms with Crippen LogP contribution >= 0.6 is 0 Å². The third-order valence-corrected chi connectivity index (χ3v) is 4.36. The summed E-state index contributed by atoms with van der Waals surface area (Å²) in [6, 6.07) is 17.6. The Morgan fingerprint density at radius 3 is 2.50 bits per heavy atom. The van der Waals surface area contributed by atoms with Gasteiger partial charge in [0.25, 0.3) is 5.91 Å². The van der Waals surface area contributed by atoms with E-state index >= 15 is 0 Å². The Morgan fingerprint density at radius 2 is 1.82 bits per heavy atom. The van der Waals surface area contributed by atoms with E-state index in [0.29, 0.717) is 5.56 Å². The quantitative estimate of drug-likeness (QED) is 0.633. The van der Waals surface area contributed by atoms with Gasteiger partial charge in [0.1, 0.15) is 11.6 Å². The molecule has 0 saturated heterocycles. The highest BCUT2D eigenvalue weighted by Gasteiger charge is 2.07. The van der Waals surface area contributed by atoms with Crippen LogP contribution in [0.15, 0.2) is 60.8 Å². The van der Waals surface area contributed by atoms with Gasteiger partial charge in [-0.1, -0.05) is 18.2 Å². The Balaban J connectivity index is 1.54. The van der Waals surface area contributed by atoms with Gasteiger partial charge < -0.3 is 15.4 Å². The number of hydrogen-bond acceptors (Lipinski definition) is 4. The molecular weight excluding hydrogens is 350 g/mol. The average Bonchev–Trinajstić information content (AvgIpc) is 2.68. The number of ether oxygens (including phenoxy) is 1. The van der Waals surface area contributed by atoms with Gasteiger partial charge in [0.05, 0.1) is 12.7 Å². The van der Waals surface area contributed by atoms with Gasteiger partial charge in [-0.15, -0.1) is 0 Å². The number of benzene rings is 2. The Hall–Kier alpha value is -3.34. The SMILES string of the molecule is COc1cccc(CCNc2ccc(C(=O)Nc3cc(C)cc(C)c3)cn2)c1. The fourth-order valence-electron chi connectivity index (χ4n) is 3.05. The smallest absolute Gasteiger partial charge is 0.257 e. The van der Waals surface area contributed by atoms with E-state index in [0.717, 1.165) is 41.3 Å². The summed E-state index contributed by atoms with van der Waals surface area (Å²) < 4.78 is 5.24. The summed E-state index contributed by atoms with van der Waals surface area (Å²) in [5.74, 6) is 1.43. The van der Waals surface area contributed by atoms with Gasteiger partial charge in [0.2, 0.25) is 0 Å². The zero-order valence-electron chi connectivity index (χ0n) is 16.5. The Kier molecular flexibility index (Phi) is 6.27. The van der Waals surface area contributed by atoms with E-state index in [4.69, 9.17) is 4.74 Å². The lowest BCUT2D eigenvalue weighted by Crippen LogP contribution is -2.13. The third-order valence-electron chi connectivity index (χ3n) is 4.36. The van der Waals surface area contributed by atoms with Gasteiger partial charge in [-0.05, 0) is 73.4 Å². The molecule has 28 heavy (non-hydrogen) atoms. The zero-order chi connectivity index (χ0) is 19.9. The molecule has 0 unspecified atom stereocenters. The van der Waals surface area contributed by atoms with Crippen molar-refractivity contribution in [2.24, 2.45) is 0 Å². The Morgan fingerprint density at radius 1 is 1.04 bits per heavy atom. The summed E-state index contributed by atoms with van der Waals surface area (Å²) in [4.78, 5) is 16.8. The lowest BCUT2D eigenvalue weighted by atomic mass is 10.1. The second-order valence-electron chi connectivity index (χ2n) is 6.79. The molecule has 5 nitrogen and oxygen atoms in total. The summed E-state index contributed by atoms with van der Waals surface area (Å²) >= 11 is 0. The summed E-state index contributed by atoms with van der Waals surface area (Å²) in [6.45, 7) is 4.76. The fourth-order valence-corrected chi connectivity index (χ4v) is 3.05. The van der Waals surface area contributed by atoms with Crippen molar-refractivity contribution < 1.29 is 9.53 Å². The van der Waals surface area contributed by atoms with Crippen LogP contribution in [0, 0.1) is 13.8 Å². The third kappa shape index (κ3) is 5.33. The van der Waals surface area contributed by atoms with Gasteiger partial charge in [-0.3, -0.25) is 4.79 Å². The van der Waals surface area contributed by atoms with Gasteiger partial charge in [-0.2, -0.15) is 0 Å². The number of nitrogens with one attached hydrogen (secondary N) is 2. The zero-order valence-corrected chi connectivity index (χ0v) is 16.5. The highest BCUT2D eigenvalue weighted by atomic mass is 16.5. The Labute approximate surface area is 165 Å². The topological polar surface area (TPSA) is 63.2 Å². The maximum atomic E-state index is 12.4. The first-order valence-corrected chi connectivity index (χ1v) is 9.26. The standard InChI is InChI=1S/C23H25N3O2/c1-16-11-17(2)13-20(12-16)26-23(27)19-7-8-22(25-15-19)24-10-9-18-5-4-6-21(14-18)28-3/h4-8,11-15H,9-10H2,1-3H3,(H,24,25)(H,26,27). The van der Waals surface area contributed by atoms with Crippen LogP contribution in [0.2, 0.25) is 0 Å². The van der Waals surface area contributed by atoms with E-state index in [1.807, 2.05) is 50.2 Å². The molecular formula is C23H25N3O2. The molecule has 0 radical (unpaired) electrons. The first-order valence-electron chi connectivity index (χ1n) is 9.26. The molecule has 1 heterocycles. The van der Waals surface area contributed by atoms with Crippen molar-refractivity contribution in [2.75, 3.05) is 24.3 Å². The molecule has 1 aromatic heterocycles. The van der Waals surface area contributed by atoms with Gasteiger partial charge in [0, 0.05) is 18.4 Å². The molecule has 3 rings (SSSR count). The first kappa shape index (κ1) is 19.4. The number of nitrogens with zero attached hydrogens (tertiary/aromatic N) is 1. The predicted molar refractivity (Wildman–Crippen MR) is 113 cm³/mol. The molecule has 144 valence electrons. The number of carbonyl (C=O) groups is 1. The number of aromatic nitrogens is 1. The molecule has 0 spiro atoms. The van der Waals surface area contributed by atoms with Crippen LogP contribution in [0.5, 0.6) is 5.75 Å². The highest BCUT2D eigenvalue weighted by molar-refractivity contribution is 6.04. The predicted octanol–water partition coefficient (Wildman–Crippen LogP) is 4.61. The van der Waals surface area contributed by atoms with Crippen molar-refractivity contribution in [1.29, 1.82) is 0 Å². The molecule has 2 N–H and O–H groups in total. The second kappa shape index (κ2) is 9.04. The summed E-state index contributed by atoms with van der Waals surface area (Å²) in [7, 11) is 1.67. The molecule has 0 saturated carbocycles. The normalized spacial score (nSPS) is 10.4. The second-order valence-corrected chi connectivity index (χ2v) is 6.79. The van der Waals surface area contributed by atoms with Crippen LogP contribution in [-0.2, 0) is 6.42 Å². The molecule has 3 aromatic rings. The molecule has 0 fully saturated rings. The van der Waals surface area contributed by atoms with E-state index in [9.17, 15) is 4.79 Å². The molecule has 0 aliphatic heterocycles. The molecule has 0 bridgehead atoms. The van der Waals surface area contributed by atoms with Crippen LogP contribution in [-0.4, -0.2) is 24.5 Å². The monoisotopic (exact) mass is 375 g/mol. The number of carbonyl (C=O) groups excluding carboxylic acids is 1. The number of methoxy groups -OCH3 is 1. The molecule has 5 heteroatoms. The van der Waals surface area contributed by atoms with Gasteiger partial charge >= 0.3 is 0 Å². The van der Waals surface area contributed by atoms with E-state index in [1.54, 1.807) is 19.4 Å². The van der Waals surface area contributed by atoms with Crippen LogP contribution in [0.25, 0.3) is 0 Å². The number of aryl methyl sites for hydroxylation is 2. The summed E-state index contributed by atoms with van der Waals surface area (Å²) in [6.07, 6.45) is 2.44. The van der Waals surface area contributed by atoms with E-state index in [1.165, 1.54) is 5.56 Å². The number of hydrogen-bond donors (Lipinski definition) is 2. The molecule has 0 atom stereocenters. The van der Waals surface area contributed by atoms with Gasteiger partial charge in [0.15, 0.2) is 0 Å². The van der Waals surface area contributed by atoms with Crippen molar-refractivity contribution in [3.05, 3.63) is 83.0 Å². The minimum atomic E-state index is -0.166. The number of anilines is 2. The van der Waals surface area contributed by atoms with Crippen LogP contribution in [0.3, 0.4) is 0 Å². The number of rotatable bonds is 7. The number of pyridine rings is 1. The van der Waals surface area contributed by atoms with Crippen LogP contribution < -0.4 is 15.4 Å².